The quantitative estimate of drug-likeness (QED) is 0.731. The Labute approximate surface area is 190 Å². The van der Waals surface area contributed by atoms with Gasteiger partial charge in [0.15, 0.2) is 0 Å². The van der Waals surface area contributed by atoms with Gasteiger partial charge in [0, 0.05) is 69.5 Å². The Bertz CT molecular complexity index is 955. The van der Waals surface area contributed by atoms with Gasteiger partial charge in [-0.05, 0) is 50.8 Å². The first kappa shape index (κ1) is 21.2. The number of rotatable bonds is 4. The fourth-order valence-electron chi connectivity index (χ4n) is 5.95. The molecule has 8 nitrogen and oxygen atoms in total. The van der Waals surface area contributed by atoms with Crippen LogP contribution in [-0.4, -0.2) is 82.6 Å². The second-order valence-electron chi connectivity index (χ2n) is 9.65. The average molecular weight is 439 g/mol. The lowest BCUT2D eigenvalue weighted by Gasteiger charge is -2.48. The van der Waals surface area contributed by atoms with Gasteiger partial charge in [-0.25, -0.2) is 9.78 Å². The maximum atomic E-state index is 12.0. The fourth-order valence-corrected chi connectivity index (χ4v) is 5.95. The number of hydrogen-bond donors (Lipinski definition) is 0. The Morgan fingerprint density at radius 1 is 1.25 bits per heavy atom. The first-order valence-corrected chi connectivity index (χ1v) is 11.8. The first-order valence-electron chi connectivity index (χ1n) is 11.8. The van der Waals surface area contributed by atoms with Gasteiger partial charge in [0.2, 0.25) is 0 Å². The van der Waals surface area contributed by atoms with E-state index in [1.807, 2.05) is 42.0 Å². The van der Waals surface area contributed by atoms with Gasteiger partial charge < -0.3 is 14.5 Å². The molecule has 8 heteroatoms. The molecule has 2 aromatic rings. The molecule has 2 aromatic heterocycles. The van der Waals surface area contributed by atoms with E-state index in [0.29, 0.717) is 18.1 Å². The van der Waals surface area contributed by atoms with Crippen LogP contribution in [0.3, 0.4) is 0 Å². The third-order valence-corrected chi connectivity index (χ3v) is 7.55. The Kier molecular flexibility index (Phi) is 5.57. The van der Waals surface area contributed by atoms with Crippen LogP contribution in [0, 0.1) is 12.3 Å². The Balaban J connectivity index is 1.20. The number of aromatic nitrogens is 3. The number of carbonyl (C=O) groups excluding carboxylic acids is 1. The molecule has 0 radical (unpaired) electrons. The molecule has 5 rings (SSSR count). The SMILES string of the molecule is CCOC(=O)N1CC2(CC[C@@H](N3CCN(c4ncccc4-c4c(C)cnn4C)CC3)C2)C1. The van der Waals surface area contributed by atoms with Crippen molar-refractivity contribution in [2.45, 2.75) is 39.2 Å². The predicted molar refractivity (Wildman–Crippen MR) is 124 cm³/mol. The standard InChI is InChI=1S/C24H34N6O2/c1-4-32-23(31)30-16-24(17-30)8-7-19(14-24)28-10-12-29(13-11-28)22-20(6-5-9-25-22)21-18(2)15-26-27(21)3/h5-6,9,15,19H,4,7-8,10-14,16-17H2,1-3H3/t19-/m1/s1. The summed E-state index contributed by atoms with van der Waals surface area (Å²) in [5, 5.41) is 4.43. The van der Waals surface area contributed by atoms with Gasteiger partial charge in [-0.2, -0.15) is 5.10 Å². The molecular weight excluding hydrogens is 404 g/mol. The Morgan fingerprint density at radius 3 is 2.72 bits per heavy atom. The molecule has 0 unspecified atom stereocenters. The normalized spacial score (nSPS) is 22.9. The third kappa shape index (κ3) is 3.74. The van der Waals surface area contributed by atoms with Gasteiger partial charge >= 0.3 is 6.09 Å². The summed E-state index contributed by atoms with van der Waals surface area (Å²) in [6.45, 7) is 10.2. The second kappa shape index (κ2) is 8.39. The molecule has 32 heavy (non-hydrogen) atoms. The van der Waals surface area contributed by atoms with E-state index in [9.17, 15) is 4.79 Å². The van der Waals surface area contributed by atoms with E-state index in [1.165, 1.54) is 24.8 Å². The number of piperazine rings is 1. The van der Waals surface area contributed by atoms with Gasteiger partial charge in [-0.3, -0.25) is 9.58 Å². The molecule has 3 fully saturated rings. The number of anilines is 1. The Morgan fingerprint density at radius 2 is 2.03 bits per heavy atom. The van der Waals surface area contributed by atoms with E-state index in [0.717, 1.165) is 56.3 Å². The minimum absolute atomic E-state index is 0.148. The lowest BCUT2D eigenvalue weighted by Crippen LogP contribution is -2.58. The maximum Gasteiger partial charge on any atom is 0.409 e. The molecule has 1 saturated carbocycles. The topological polar surface area (TPSA) is 66.7 Å². The highest BCUT2D eigenvalue weighted by atomic mass is 16.6. The summed E-state index contributed by atoms with van der Waals surface area (Å²) in [5.74, 6) is 1.06. The third-order valence-electron chi connectivity index (χ3n) is 7.55. The first-order chi connectivity index (χ1) is 15.5. The van der Waals surface area contributed by atoms with E-state index in [2.05, 4.69) is 27.9 Å². The molecule has 172 valence electrons. The molecule has 2 aliphatic heterocycles. The van der Waals surface area contributed by atoms with Crippen LogP contribution in [0.1, 0.15) is 31.7 Å². The van der Waals surface area contributed by atoms with Crippen molar-refractivity contribution in [1.29, 1.82) is 0 Å². The number of likely N-dealkylation sites (tertiary alicyclic amines) is 1. The molecule has 2 saturated heterocycles. The molecule has 1 aliphatic carbocycles. The largest absolute Gasteiger partial charge is 0.450 e. The van der Waals surface area contributed by atoms with E-state index in [4.69, 9.17) is 9.72 Å². The highest BCUT2D eigenvalue weighted by Crippen LogP contribution is 2.47. The van der Waals surface area contributed by atoms with Crippen molar-refractivity contribution < 1.29 is 9.53 Å². The predicted octanol–water partition coefficient (Wildman–Crippen LogP) is 2.92. The van der Waals surface area contributed by atoms with Gasteiger partial charge in [0.25, 0.3) is 0 Å². The number of carbonyl (C=O) groups is 1. The highest BCUT2D eigenvalue weighted by molar-refractivity contribution is 5.75. The van der Waals surface area contributed by atoms with E-state index in [-0.39, 0.29) is 6.09 Å². The van der Waals surface area contributed by atoms with Gasteiger partial charge in [0.1, 0.15) is 5.82 Å². The summed E-state index contributed by atoms with van der Waals surface area (Å²) in [6, 6.07) is 4.80. The van der Waals surface area contributed by atoms with Crippen molar-refractivity contribution in [3.05, 3.63) is 30.1 Å². The van der Waals surface area contributed by atoms with Gasteiger partial charge in [0.05, 0.1) is 18.5 Å². The lowest BCUT2D eigenvalue weighted by molar-refractivity contribution is -0.00294. The number of pyridine rings is 1. The monoisotopic (exact) mass is 438 g/mol. The van der Waals surface area contributed by atoms with Crippen molar-refractivity contribution in [3.8, 4) is 11.3 Å². The summed E-state index contributed by atoms with van der Waals surface area (Å²) in [6.07, 6.45) is 7.32. The van der Waals surface area contributed by atoms with Crippen LogP contribution in [0.25, 0.3) is 11.3 Å². The van der Waals surface area contributed by atoms with Crippen molar-refractivity contribution in [1.82, 2.24) is 24.6 Å². The van der Waals surface area contributed by atoms with Crippen molar-refractivity contribution in [3.63, 3.8) is 0 Å². The van der Waals surface area contributed by atoms with E-state index < -0.39 is 0 Å². The number of amides is 1. The fraction of sp³-hybridized carbons (Fsp3) is 0.625. The zero-order valence-electron chi connectivity index (χ0n) is 19.5. The highest BCUT2D eigenvalue weighted by Gasteiger charge is 2.51. The van der Waals surface area contributed by atoms with Crippen LogP contribution in [0.4, 0.5) is 10.6 Å². The zero-order valence-corrected chi connectivity index (χ0v) is 19.5. The summed E-state index contributed by atoms with van der Waals surface area (Å²) in [5.41, 5.74) is 3.80. The van der Waals surface area contributed by atoms with Crippen molar-refractivity contribution in [2.75, 3.05) is 50.8 Å². The number of nitrogens with zero attached hydrogens (tertiary/aromatic N) is 6. The van der Waals surface area contributed by atoms with Crippen LogP contribution >= 0.6 is 0 Å². The number of hydrogen-bond acceptors (Lipinski definition) is 6. The molecule has 1 amide bonds. The lowest BCUT2D eigenvalue weighted by atomic mass is 9.78. The minimum atomic E-state index is -0.148. The van der Waals surface area contributed by atoms with Crippen LogP contribution in [-0.2, 0) is 11.8 Å². The zero-order chi connectivity index (χ0) is 22.3. The van der Waals surface area contributed by atoms with Crippen LogP contribution in [0.5, 0.6) is 0 Å². The summed E-state index contributed by atoms with van der Waals surface area (Å²) in [4.78, 5) is 23.7. The van der Waals surface area contributed by atoms with E-state index >= 15 is 0 Å². The second-order valence-corrected chi connectivity index (χ2v) is 9.65. The van der Waals surface area contributed by atoms with Crippen molar-refractivity contribution >= 4 is 11.9 Å². The van der Waals surface area contributed by atoms with Crippen molar-refractivity contribution in [2.24, 2.45) is 12.5 Å². The minimum Gasteiger partial charge on any atom is -0.450 e. The van der Waals surface area contributed by atoms with E-state index in [1.54, 1.807) is 0 Å². The molecule has 0 aromatic carbocycles. The molecule has 1 spiro atoms. The molecule has 0 N–H and O–H groups in total. The summed E-state index contributed by atoms with van der Waals surface area (Å²) < 4.78 is 7.10. The molecule has 1 atom stereocenters. The smallest absolute Gasteiger partial charge is 0.409 e. The molecule has 0 bridgehead atoms. The average Bonchev–Trinajstić information content (AvgIpc) is 3.37. The molecule has 3 aliphatic rings. The maximum absolute atomic E-state index is 12.0. The Hall–Kier alpha value is -2.61. The van der Waals surface area contributed by atoms with Crippen LogP contribution in [0.2, 0.25) is 0 Å². The summed E-state index contributed by atoms with van der Waals surface area (Å²) >= 11 is 0. The molecule has 4 heterocycles. The van der Waals surface area contributed by atoms with Gasteiger partial charge in [-0.1, -0.05) is 0 Å². The molecular formula is C24H34N6O2. The van der Waals surface area contributed by atoms with Crippen LogP contribution < -0.4 is 4.90 Å². The van der Waals surface area contributed by atoms with Crippen LogP contribution in [0.15, 0.2) is 24.5 Å². The number of aryl methyl sites for hydroxylation is 2. The summed E-state index contributed by atoms with van der Waals surface area (Å²) in [7, 11) is 2.00. The van der Waals surface area contributed by atoms with Gasteiger partial charge in [-0.15, -0.1) is 0 Å². The number of ether oxygens (including phenoxy) is 1.